The van der Waals surface area contributed by atoms with Gasteiger partial charge in [0.1, 0.15) is 5.75 Å². The highest BCUT2D eigenvalue weighted by Gasteiger charge is 2.14. The molecule has 33 heavy (non-hydrogen) atoms. The highest BCUT2D eigenvalue weighted by Crippen LogP contribution is 2.24. The molecule has 0 unspecified atom stereocenters. The smallest absolute Gasteiger partial charge is 0.341 e. The molecule has 1 heterocycles. The standard InChI is InChI=1S/C23H16N4O6/c28-21(29)14-33-20-11-10-17(27(31)32)12-16(20)13-24-26-22(15-6-2-1-3-7-15)25-19-9-5-4-8-18(19)23(26)30/h1-13H,14H2,(H,28,29). The van der Waals surface area contributed by atoms with Crippen molar-refractivity contribution in [2.75, 3.05) is 6.61 Å². The minimum absolute atomic E-state index is 0.0646. The van der Waals surface area contributed by atoms with Gasteiger partial charge in [-0.25, -0.2) is 9.78 Å². The van der Waals surface area contributed by atoms with Gasteiger partial charge in [-0.1, -0.05) is 42.5 Å². The second-order valence-electron chi connectivity index (χ2n) is 6.84. The van der Waals surface area contributed by atoms with Crippen molar-refractivity contribution in [2.24, 2.45) is 5.10 Å². The lowest BCUT2D eigenvalue weighted by atomic mass is 10.2. The van der Waals surface area contributed by atoms with Gasteiger partial charge in [0.15, 0.2) is 12.4 Å². The monoisotopic (exact) mass is 444 g/mol. The van der Waals surface area contributed by atoms with Crippen LogP contribution < -0.4 is 10.3 Å². The highest BCUT2D eigenvalue weighted by molar-refractivity contribution is 5.85. The van der Waals surface area contributed by atoms with Gasteiger partial charge in [-0.3, -0.25) is 14.9 Å². The first-order chi connectivity index (χ1) is 15.9. The molecule has 0 saturated carbocycles. The molecule has 1 N–H and O–H groups in total. The molecule has 3 aromatic carbocycles. The number of hydrogen-bond acceptors (Lipinski definition) is 7. The van der Waals surface area contributed by atoms with E-state index in [0.29, 0.717) is 16.5 Å². The topological polar surface area (TPSA) is 137 Å². The predicted molar refractivity (Wildman–Crippen MR) is 121 cm³/mol. The van der Waals surface area contributed by atoms with Gasteiger partial charge < -0.3 is 9.84 Å². The number of rotatable bonds is 7. The number of aromatic nitrogens is 2. The van der Waals surface area contributed by atoms with E-state index in [0.717, 1.165) is 4.68 Å². The Labute approximate surface area is 186 Å². The lowest BCUT2D eigenvalue weighted by molar-refractivity contribution is -0.384. The number of carboxylic acid groups (broad SMARTS) is 1. The summed E-state index contributed by atoms with van der Waals surface area (Å²) in [6.45, 7) is -0.647. The molecule has 0 spiro atoms. The van der Waals surface area contributed by atoms with Crippen molar-refractivity contribution in [3.05, 3.63) is 98.8 Å². The third kappa shape index (κ3) is 4.59. The molecule has 1 aromatic heterocycles. The Morgan fingerprint density at radius 3 is 2.58 bits per heavy atom. The molecule has 10 nitrogen and oxygen atoms in total. The number of ether oxygens (including phenoxy) is 1. The first-order valence-corrected chi connectivity index (χ1v) is 9.68. The molecule has 4 rings (SSSR count). The predicted octanol–water partition coefficient (Wildman–Crippen LogP) is 3.32. The van der Waals surface area contributed by atoms with Crippen LogP contribution in [0.25, 0.3) is 22.3 Å². The number of nitro groups is 1. The second-order valence-corrected chi connectivity index (χ2v) is 6.84. The van der Waals surface area contributed by atoms with Crippen molar-refractivity contribution in [3.63, 3.8) is 0 Å². The van der Waals surface area contributed by atoms with Crippen LogP contribution >= 0.6 is 0 Å². The van der Waals surface area contributed by atoms with E-state index in [1.54, 1.807) is 48.5 Å². The summed E-state index contributed by atoms with van der Waals surface area (Å²) < 4.78 is 6.32. The summed E-state index contributed by atoms with van der Waals surface area (Å²) in [6.07, 6.45) is 1.20. The summed E-state index contributed by atoms with van der Waals surface area (Å²) in [5.74, 6) is -0.874. The Morgan fingerprint density at radius 2 is 1.85 bits per heavy atom. The molecule has 0 fully saturated rings. The summed E-state index contributed by atoms with van der Waals surface area (Å²) in [5, 5.41) is 24.7. The van der Waals surface area contributed by atoms with E-state index in [-0.39, 0.29) is 22.8 Å². The lowest BCUT2D eigenvalue weighted by Crippen LogP contribution is -2.20. The number of para-hydroxylation sites is 1. The fraction of sp³-hybridized carbons (Fsp3) is 0.0435. The van der Waals surface area contributed by atoms with E-state index in [2.05, 4.69) is 10.1 Å². The van der Waals surface area contributed by atoms with Crippen molar-refractivity contribution in [2.45, 2.75) is 0 Å². The quantitative estimate of drug-likeness (QED) is 0.262. The van der Waals surface area contributed by atoms with Gasteiger partial charge in [0, 0.05) is 23.3 Å². The van der Waals surface area contributed by atoms with Crippen LogP contribution in [0.3, 0.4) is 0 Å². The molecule has 0 atom stereocenters. The number of nitrogens with zero attached hydrogens (tertiary/aromatic N) is 4. The van der Waals surface area contributed by atoms with Crippen molar-refractivity contribution >= 4 is 28.8 Å². The minimum Gasteiger partial charge on any atom is -0.481 e. The normalized spacial score (nSPS) is 11.0. The van der Waals surface area contributed by atoms with Gasteiger partial charge in [0.25, 0.3) is 11.2 Å². The molecule has 10 heteroatoms. The van der Waals surface area contributed by atoms with Gasteiger partial charge in [0.2, 0.25) is 0 Å². The van der Waals surface area contributed by atoms with Gasteiger partial charge in [0.05, 0.1) is 22.0 Å². The molecular formula is C23H16N4O6. The van der Waals surface area contributed by atoms with Crippen LogP contribution in [0.2, 0.25) is 0 Å². The van der Waals surface area contributed by atoms with E-state index in [1.807, 2.05) is 6.07 Å². The molecule has 4 aromatic rings. The molecule has 0 aliphatic heterocycles. The number of carboxylic acids is 1. The fourth-order valence-corrected chi connectivity index (χ4v) is 3.15. The Kier molecular flexibility index (Phi) is 5.90. The average molecular weight is 444 g/mol. The van der Waals surface area contributed by atoms with Crippen LogP contribution in [0.4, 0.5) is 5.69 Å². The van der Waals surface area contributed by atoms with Gasteiger partial charge >= 0.3 is 5.97 Å². The van der Waals surface area contributed by atoms with E-state index in [9.17, 15) is 19.7 Å². The van der Waals surface area contributed by atoms with E-state index in [1.165, 1.54) is 24.4 Å². The summed E-state index contributed by atoms with van der Waals surface area (Å²) >= 11 is 0. The maximum Gasteiger partial charge on any atom is 0.341 e. The van der Waals surface area contributed by atoms with Crippen molar-refractivity contribution < 1.29 is 19.6 Å². The SMILES string of the molecule is O=C(O)COc1ccc([N+](=O)[O-])cc1C=Nn1c(-c2ccccc2)nc2ccccc2c1=O. The van der Waals surface area contributed by atoms with E-state index >= 15 is 0 Å². The van der Waals surface area contributed by atoms with E-state index in [4.69, 9.17) is 9.84 Å². The van der Waals surface area contributed by atoms with Crippen molar-refractivity contribution in [3.8, 4) is 17.1 Å². The Morgan fingerprint density at radius 1 is 1.12 bits per heavy atom. The molecule has 164 valence electrons. The Balaban J connectivity index is 1.88. The summed E-state index contributed by atoms with van der Waals surface area (Å²) in [7, 11) is 0. The Hall–Kier alpha value is -4.86. The summed E-state index contributed by atoms with van der Waals surface area (Å²) in [5.41, 5.74) is 0.581. The number of carbonyl (C=O) groups is 1. The molecular weight excluding hydrogens is 428 g/mol. The maximum absolute atomic E-state index is 13.2. The molecule has 0 aliphatic carbocycles. The van der Waals surface area contributed by atoms with Crippen LogP contribution in [0.15, 0.2) is 82.7 Å². The highest BCUT2D eigenvalue weighted by atomic mass is 16.6. The van der Waals surface area contributed by atoms with Crippen LogP contribution in [0.5, 0.6) is 5.75 Å². The van der Waals surface area contributed by atoms with Crippen molar-refractivity contribution in [1.29, 1.82) is 0 Å². The number of hydrogen-bond donors (Lipinski definition) is 1. The number of fused-ring (bicyclic) bond motifs is 1. The van der Waals surface area contributed by atoms with Gasteiger partial charge in [-0.2, -0.15) is 9.78 Å². The van der Waals surface area contributed by atoms with Crippen LogP contribution in [-0.2, 0) is 4.79 Å². The number of nitro benzene ring substituents is 1. The molecule has 0 bridgehead atoms. The average Bonchev–Trinajstić information content (AvgIpc) is 2.82. The first kappa shape index (κ1) is 21.4. The fourth-order valence-electron chi connectivity index (χ4n) is 3.15. The molecule has 0 radical (unpaired) electrons. The lowest BCUT2D eigenvalue weighted by Gasteiger charge is -2.10. The first-order valence-electron chi connectivity index (χ1n) is 9.68. The van der Waals surface area contributed by atoms with Crippen LogP contribution in [-0.4, -0.2) is 38.5 Å². The summed E-state index contributed by atoms with van der Waals surface area (Å²) in [4.78, 5) is 39.3. The molecule has 0 saturated heterocycles. The largest absolute Gasteiger partial charge is 0.481 e. The zero-order chi connectivity index (χ0) is 23.4. The third-order valence-electron chi connectivity index (χ3n) is 4.65. The molecule has 0 aliphatic rings. The van der Waals surface area contributed by atoms with Gasteiger partial charge in [-0.05, 0) is 18.2 Å². The zero-order valence-corrected chi connectivity index (χ0v) is 17.0. The molecule has 0 amide bonds. The number of benzene rings is 3. The maximum atomic E-state index is 13.2. The summed E-state index contributed by atoms with van der Waals surface area (Å²) in [6, 6.07) is 19.4. The second kappa shape index (κ2) is 9.10. The van der Waals surface area contributed by atoms with Crippen molar-refractivity contribution in [1.82, 2.24) is 9.66 Å². The third-order valence-corrected chi connectivity index (χ3v) is 4.65. The Bertz CT molecular complexity index is 1450. The zero-order valence-electron chi connectivity index (χ0n) is 17.0. The van der Waals surface area contributed by atoms with E-state index < -0.39 is 23.1 Å². The number of aliphatic carboxylic acids is 1. The minimum atomic E-state index is -1.21. The van der Waals surface area contributed by atoms with Crippen LogP contribution in [0.1, 0.15) is 5.56 Å². The van der Waals surface area contributed by atoms with Gasteiger partial charge in [-0.15, -0.1) is 0 Å². The van der Waals surface area contributed by atoms with Crippen LogP contribution in [0, 0.1) is 10.1 Å². The number of non-ortho nitro benzene ring substituents is 1.